The van der Waals surface area contributed by atoms with Gasteiger partial charge in [-0.2, -0.15) is 0 Å². The predicted octanol–water partition coefficient (Wildman–Crippen LogP) is 4.58. The number of nitrogens with one attached hydrogen (secondary N) is 1. The van der Waals surface area contributed by atoms with Crippen LogP contribution in [0.15, 0.2) is 67.0 Å². The molecule has 24 heavy (non-hydrogen) atoms. The average Bonchev–Trinajstić information content (AvgIpc) is 2.99. The molecule has 0 radical (unpaired) electrons. The maximum atomic E-state index is 4.44. The zero-order valence-electron chi connectivity index (χ0n) is 14.0. The number of imidazole rings is 1. The van der Waals surface area contributed by atoms with Crippen molar-refractivity contribution in [2.45, 2.75) is 19.5 Å². The molecular weight excluding hydrogens is 294 g/mol. The second kappa shape index (κ2) is 6.10. The van der Waals surface area contributed by atoms with Crippen LogP contribution in [0.4, 0.5) is 0 Å². The summed E-state index contributed by atoms with van der Waals surface area (Å²) in [6.45, 7) is 3.05. The van der Waals surface area contributed by atoms with Crippen molar-refractivity contribution in [2.24, 2.45) is 7.05 Å². The van der Waals surface area contributed by atoms with E-state index in [2.05, 4.69) is 77.9 Å². The highest BCUT2D eigenvalue weighted by atomic mass is 15.0. The molecule has 0 aliphatic heterocycles. The molecule has 120 valence electrons. The van der Waals surface area contributed by atoms with Gasteiger partial charge in [-0.25, -0.2) is 4.98 Å². The van der Waals surface area contributed by atoms with Gasteiger partial charge in [0.2, 0.25) is 0 Å². The molecule has 0 spiro atoms. The van der Waals surface area contributed by atoms with Crippen molar-refractivity contribution >= 4 is 21.8 Å². The van der Waals surface area contributed by atoms with Gasteiger partial charge in [-0.1, -0.05) is 48.5 Å². The smallest absolute Gasteiger partial charge is 0.0955 e. The number of fused-ring (bicyclic) bond motifs is 2. The van der Waals surface area contributed by atoms with E-state index in [1.165, 1.54) is 27.4 Å². The lowest BCUT2D eigenvalue weighted by Gasteiger charge is -2.17. The van der Waals surface area contributed by atoms with E-state index in [0.717, 1.165) is 12.1 Å². The van der Waals surface area contributed by atoms with Crippen LogP contribution >= 0.6 is 0 Å². The van der Waals surface area contributed by atoms with Crippen molar-refractivity contribution in [3.8, 4) is 0 Å². The summed E-state index contributed by atoms with van der Waals surface area (Å²) >= 11 is 0. The third-order valence-corrected chi connectivity index (χ3v) is 4.69. The van der Waals surface area contributed by atoms with Gasteiger partial charge >= 0.3 is 0 Å². The molecule has 1 heterocycles. The molecule has 0 saturated heterocycles. The maximum absolute atomic E-state index is 4.44. The van der Waals surface area contributed by atoms with Crippen molar-refractivity contribution in [2.75, 3.05) is 0 Å². The van der Waals surface area contributed by atoms with E-state index in [1.54, 1.807) is 0 Å². The first-order chi connectivity index (χ1) is 11.7. The standard InChI is InChI=1S/C21H21N3/c1-15(18-9-5-7-17-6-3-4-8-19(17)18)22-13-16-10-11-21-20(12-16)23-14-24(21)2/h3-12,14-15,22H,13H2,1-2H3/t15-/m1/s1. The molecule has 3 nitrogen and oxygen atoms in total. The summed E-state index contributed by atoms with van der Waals surface area (Å²) in [7, 11) is 2.02. The van der Waals surface area contributed by atoms with Crippen molar-refractivity contribution in [1.29, 1.82) is 0 Å². The van der Waals surface area contributed by atoms with Crippen molar-refractivity contribution < 1.29 is 0 Å². The molecule has 3 heteroatoms. The molecule has 0 amide bonds. The Bertz CT molecular complexity index is 995. The fraction of sp³-hybridized carbons (Fsp3) is 0.190. The van der Waals surface area contributed by atoms with Crippen molar-refractivity contribution in [3.05, 3.63) is 78.1 Å². The van der Waals surface area contributed by atoms with E-state index in [1.807, 2.05) is 17.9 Å². The van der Waals surface area contributed by atoms with E-state index in [-0.39, 0.29) is 6.04 Å². The van der Waals surface area contributed by atoms with E-state index in [0.29, 0.717) is 0 Å². The first-order valence-electron chi connectivity index (χ1n) is 8.33. The van der Waals surface area contributed by atoms with Crippen LogP contribution in [0.25, 0.3) is 21.8 Å². The van der Waals surface area contributed by atoms with E-state index in [9.17, 15) is 0 Å². The third-order valence-electron chi connectivity index (χ3n) is 4.69. The molecule has 1 atom stereocenters. The summed E-state index contributed by atoms with van der Waals surface area (Å²) in [5, 5.41) is 6.25. The Balaban J connectivity index is 1.55. The van der Waals surface area contributed by atoms with Gasteiger partial charge in [0, 0.05) is 19.6 Å². The van der Waals surface area contributed by atoms with Crippen LogP contribution < -0.4 is 5.32 Å². The minimum atomic E-state index is 0.288. The molecule has 0 bridgehead atoms. The van der Waals surface area contributed by atoms with Crippen LogP contribution in [-0.4, -0.2) is 9.55 Å². The minimum absolute atomic E-state index is 0.288. The Labute approximate surface area is 142 Å². The number of hydrogen-bond acceptors (Lipinski definition) is 2. The van der Waals surface area contributed by atoms with Crippen LogP contribution in [0.3, 0.4) is 0 Å². The Morgan fingerprint density at radius 2 is 1.88 bits per heavy atom. The quantitative estimate of drug-likeness (QED) is 0.597. The number of aryl methyl sites for hydroxylation is 1. The van der Waals surface area contributed by atoms with E-state index >= 15 is 0 Å². The zero-order valence-corrected chi connectivity index (χ0v) is 14.0. The van der Waals surface area contributed by atoms with Crippen LogP contribution in [0.1, 0.15) is 24.1 Å². The fourth-order valence-electron chi connectivity index (χ4n) is 3.30. The molecule has 1 aromatic heterocycles. The van der Waals surface area contributed by atoms with Crippen LogP contribution in [-0.2, 0) is 13.6 Å². The summed E-state index contributed by atoms with van der Waals surface area (Å²) in [6, 6.07) is 21.8. The zero-order chi connectivity index (χ0) is 16.5. The van der Waals surface area contributed by atoms with Gasteiger partial charge in [-0.15, -0.1) is 0 Å². The molecule has 4 rings (SSSR count). The molecule has 0 aliphatic carbocycles. The second-order valence-corrected chi connectivity index (χ2v) is 6.35. The summed E-state index contributed by atoms with van der Waals surface area (Å²) in [4.78, 5) is 4.44. The van der Waals surface area contributed by atoms with Gasteiger partial charge in [0.25, 0.3) is 0 Å². The molecule has 0 fully saturated rings. The molecule has 0 saturated carbocycles. The highest BCUT2D eigenvalue weighted by Crippen LogP contribution is 2.24. The lowest BCUT2D eigenvalue weighted by molar-refractivity contribution is 0.578. The first-order valence-corrected chi connectivity index (χ1v) is 8.33. The predicted molar refractivity (Wildman–Crippen MR) is 99.9 cm³/mol. The number of hydrogen-bond donors (Lipinski definition) is 1. The van der Waals surface area contributed by atoms with Gasteiger partial charge in [-0.3, -0.25) is 0 Å². The van der Waals surface area contributed by atoms with Crippen molar-refractivity contribution in [1.82, 2.24) is 14.9 Å². The molecule has 1 N–H and O–H groups in total. The highest BCUT2D eigenvalue weighted by molar-refractivity contribution is 5.86. The Hall–Kier alpha value is -2.65. The summed E-state index contributed by atoms with van der Waals surface area (Å²) < 4.78 is 2.05. The largest absolute Gasteiger partial charge is 0.334 e. The van der Waals surface area contributed by atoms with Gasteiger partial charge < -0.3 is 9.88 Å². The van der Waals surface area contributed by atoms with Crippen LogP contribution in [0, 0.1) is 0 Å². The van der Waals surface area contributed by atoms with Crippen molar-refractivity contribution in [3.63, 3.8) is 0 Å². The number of aromatic nitrogens is 2. The average molecular weight is 315 g/mol. The highest BCUT2D eigenvalue weighted by Gasteiger charge is 2.09. The lowest BCUT2D eigenvalue weighted by atomic mass is 9.99. The normalized spacial score (nSPS) is 12.8. The molecular formula is C21H21N3. The Morgan fingerprint density at radius 3 is 2.79 bits per heavy atom. The molecule has 0 unspecified atom stereocenters. The summed E-state index contributed by atoms with van der Waals surface area (Å²) in [5.41, 5.74) is 4.82. The lowest BCUT2D eigenvalue weighted by Crippen LogP contribution is -2.18. The van der Waals surface area contributed by atoms with E-state index in [4.69, 9.17) is 0 Å². The summed E-state index contributed by atoms with van der Waals surface area (Å²) in [5.74, 6) is 0. The van der Waals surface area contributed by atoms with Crippen LogP contribution in [0.2, 0.25) is 0 Å². The Kier molecular flexibility index (Phi) is 3.79. The Morgan fingerprint density at radius 1 is 1.04 bits per heavy atom. The number of benzene rings is 3. The first kappa shape index (κ1) is 14.9. The third kappa shape index (κ3) is 2.68. The number of nitrogens with zero attached hydrogens (tertiary/aromatic N) is 2. The van der Waals surface area contributed by atoms with Crippen LogP contribution in [0.5, 0.6) is 0 Å². The van der Waals surface area contributed by atoms with E-state index < -0.39 is 0 Å². The molecule has 4 aromatic rings. The maximum Gasteiger partial charge on any atom is 0.0955 e. The number of rotatable bonds is 4. The van der Waals surface area contributed by atoms with Gasteiger partial charge in [0.05, 0.1) is 17.4 Å². The molecule has 3 aromatic carbocycles. The minimum Gasteiger partial charge on any atom is -0.334 e. The second-order valence-electron chi connectivity index (χ2n) is 6.35. The molecule has 0 aliphatic rings. The monoisotopic (exact) mass is 315 g/mol. The van der Waals surface area contributed by atoms with Gasteiger partial charge in [0.15, 0.2) is 0 Å². The fourth-order valence-corrected chi connectivity index (χ4v) is 3.30. The topological polar surface area (TPSA) is 29.9 Å². The van der Waals surface area contributed by atoms with Gasteiger partial charge in [-0.05, 0) is 41.0 Å². The van der Waals surface area contributed by atoms with Gasteiger partial charge in [0.1, 0.15) is 0 Å². The summed E-state index contributed by atoms with van der Waals surface area (Å²) in [6.07, 6.45) is 1.86. The SMILES string of the molecule is C[C@@H](NCc1ccc2c(c1)ncn2C)c1cccc2ccccc12.